The van der Waals surface area contributed by atoms with Crippen molar-refractivity contribution in [3.63, 3.8) is 0 Å². The molecule has 22 heavy (non-hydrogen) atoms. The highest BCUT2D eigenvalue weighted by atomic mass is 19.2. The number of hydrogen-bond acceptors (Lipinski definition) is 1. The Kier molecular flexibility index (Phi) is 5.12. The highest BCUT2D eigenvalue weighted by Gasteiger charge is 2.21. The fourth-order valence-corrected chi connectivity index (χ4v) is 2.78. The summed E-state index contributed by atoms with van der Waals surface area (Å²) >= 11 is 0. The summed E-state index contributed by atoms with van der Waals surface area (Å²) in [6.07, 6.45) is 12.9. The van der Waals surface area contributed by atoms with E-state index in [9.17, 15) is 8.78 Å². The zero-order valence-corrected chi connectivity index (χ0v) is 13.0. The SMILES string of the molecule is Fc1c(CC/C=C/C2CCC2)ccc(OCCC2CC2)c1F. The van der Waals surface area contributed by atoms with Gasteiger partial charge in [0.15, 0.2) is 11.6 Å². The lowest BCUT2D eigenvalue weighted by Gasteiger charge is -2.21. The van der Waals surface area contributed by atoms with E-state index < -0.39 is 11.6 Å². The smallest absolute Gasteiger partial charge is 0.200 e. The first kappa shape index (κ1) is 15.5. The van der Waals surface area contributed by atoms with Crippen LogP contribution in [0.4, 0.5) is 8.78 Å². The van der Waals surface area contributed by atoms with Gasteiger partial charge in [-0.3, -0.25) is 0 Å². The topological polar surface area (TPSA) is 9.23 Å². The minimum atomic E-state index is -0.837. The second kappa shape index (κ2) is 7.26. The maximum absolute atomic E-state index is 14.0. The molecule has 2 aliphatic rings. The molecule has 2 saturated carbocycles. The molecular weight excluding hydrogens is 282 g/mol. The molecule has 0 heterocycles. The van der Waals surface area contributed by atoms with Gasteiger partial charge in [-0.15, -0.1) is 0 Å². The van der Waals surface area contributed by atoms with Crippen molar-refractivity contribution in [1.29, 1.82) is 0 Å². The summed E-state index contributed by atoms with van der Waals surface area (Å²) in [7, 11) is 0. The summed E-state index contributed by atoms with van der Waals surface area (Å²) in [5.41, 5.74) is 0.435. The highest BCUT2D eigenvalue weighted by molar-refractivity contribution is 5.31. The van der Waals surface area contributed by atoms with Crippen LogP contribution in [-0.2, 0) is 6.42 Å². The maximum Gasteiger partial charge on any atom is 0.200 e. The first-order chi connectivity index (χ1) is 10.7. The molecule has 2 fully saturated rings. The normalized spacial score (nSPS) is 18.6. The molecule has 0 N–H and O–H groups in total. The highest BCUT2D eigenvalue weighted by Crippen LogP contribution is 2.33. The Bertz CT molecular complexity index is 530. The van der Waals surface area contributed by atoms with Crippen molar-refractivity contribution in [3.8, 4) is 5.75 Å². The van der Waals surface area contributed by atoms with Crippen molar-refractivity contribution in [2.75, 3.05) is 6.61 Å². The van der Waals surface area contributed by atoms with E-state index in [0.717, 1.165) is 18.8 Å². The third-order valence-electron chi connectivity index (χ3n) is 4.75. The minimum absolute atomic E-state index is 0.0481. The van der Waals surface area contributed by atoms with Crippen LogP contribution >= 0.6 is 0 Å². The summed E-state index contributed by atoms with van der Waals surface area (Å²) in [5.74, 6) is -0.0948. The minimum Gasteiger partial charge on any atom is -0.490 e. The van der Waals surface area contributed by atoms with Gasteiger partial charge in [0, 0.05) is 0 Å². The number of aryl methyl sites for hydroxylation is 1. The van der Waals surface area contributed by atoms with Crippen molar-refractivity contribution in [2.45, 2.75) is 51.4 Å². The third-order valence-corrected chi connectivity index (χ3v) is 4.75. The molecular formula is C19H24F2O. The Morgan fingerprint density at radius 2 is 1.91 bits per heavy atom. The van der Waals surface area contributed by atoms with Gasteiger partial charge in [0.2, 0.25) is 5.82 Å². The lowest BCUT2D eigenvalue weighted by molar-refractivity contribution is 0.282. The monoisotopic (exact) mass is 306 g/mol. The molecule has 0 spiro atoms. The van der Waals surface area contributed by atoms with Gasteiger partial charge in [0.25, 0.3) is 0 Å². The lowest BCUT2D eigenvalue weighted by Crippen LogP contribution is -2.07. The zero-order valence-electron chi connectivity index (χ0n) is 13.0. The van der Waals surface area contributed by atoms with E-state index in [1.54, 1.807) is 12.1 Å². The van der Waals surface area contributed by atoms with Gasteiger partial charge < -0.3 is 4.74 Å². The molecule has 120 valence electrons. The van der Waals surface area contributed by atoms with E-state index in [1.165, 1.54) is 32.1 Å². The van der Waals surface area contributed by atoms with Gasteiger partial charge in [-0.25, -0.2) is 4.39 Å². The molecule has 0 bridgehead atoms. The van der Waals surface area contributed by atoms with Crippen LogP contribution in [0.15, 0.2) is 24.3 Å². The number of halogens is 2. The van der Waals surface area contributed by atoms with E-state index in [0.29, 0.717) is 24.5 Å². The van der Waals surface area contributed by atoms with Crippen molar-refractivity contribution < 1.29 is 13.5 Å². The average molecular weight is 306 g/mol. The summed E-state index contributed by atoms with van der Waals surface area (Å²) < 4.78 is 33.4. The molecule has 0 aromatic heterocycles. The average Bonchev–Trinajstić information content (AvgIpc) is 3.27. The van der Waals surface area contributed by atoms with Crippen LogP contribution in [0.5, 0.6) is 5.75 Å². The molecule has 1 aromatic carbocycles. The number of benzene rings is 1. The van der Waals surface area contributed by atoms with E-state index >= 15 is 0 Å². The number of hydrogen-bond donors (Lipinski definition) is 0. The lowest BCUT2D eigenvalue weighted by atomic mass is 9.85. The Balaban J connectivity index is 1.50. The van der Waals surface area contributed by atoms with Crippen LogP contribution in [0.25, 0.3) is 0 Å². The molecule has 1 nitrogen and oxygen atoms in total. The fourth-order valence-electron chi connectivity index (χ4n) is 2.78. The van der Waals surface area contributed by atoms with Gasteiger partial charge in [0.05, 0.1) is 6.61 Å². The maximum atomic E-state index is 14.0. The number of ether oxygens (including phenoxy) is 1. The molecule has 3 heteroatoms. The molecule has 0 atom stereocenters. The summed E-state index contributed by atoms with van der Waals surface area (Å²) in [5, 5.41) is 0. The third kappa shape index (κ3) is 4.08. The molecule has 1 aromatic rings. The van der Waals surface area contributed by atoms with Crippen LogP contribution in [0.1, 0.15) is 50.5 Å². The summed E-state index contributed by atoms with van der Waals surface area (Å²) in [6, 6.07) is 3.22. The van der Waals surface area contributed by atoms with Gasteiger partial charge in [-0.05, 0) is 55.6 Å². The standard InChI is InChI=1S/C19H24F2O/c20-18-16(7-2-1-4-14-5-3-6-14)10-11-17(19(18)21)22-13-12-15-8-9-15/h1,4,10-11,14-15H,2-3,5-9,12-13H2/b4-1+. The van der Waals surface area contributed by atoms with E-state index in [-0.39, 0.29) is 5.75 Å². The number of rotatable bonds is 8. The van der Waals surface area contributed by atoms with Crippen molar-refractivity contribution in [1.82, 2.24) is 0 Å². The van der Waals surface area contributed by atoms with Crippen LogP contribution in [0.3, 0.4) is 0 Å². The number of allylic oxidation sites excluding steroid dienone is 2. The predicted octanol–water partition coefficient (Wildman–Crippen LogP) is 5.43. The van der Waals surface area contributed by atoms with Gasteiger partial charge in [0.1, 0.15) is 0 Å². The molecule has 0 radical (unpaired) electrons. The largest absolute Gasteiger partial charge is 0.490 e. The molecule has 0 aliphatic heterocycles. The Labute approximate surface area is 131 Å². The van der Waals surface area contributed by atoms with Crippen LogP contribution < -0.4 is 4.74 Å². The van der Waals surface area contributed by atoms with Crippen molar-refractivity contribution >= 4 is 0 Å². The second-order valence-corrected chi connectivity index (χ2v) is 6.59. The molecule has 0 unspecified atom stereocenters. The van der Waals surface area contributed by atoms with Crippen LogP contribution in [0, 0.1) is 23.5 Å². The first-order valence-corrected chi connectivity index (χ1v) is 8.50. The van der Waals surface area contributed by atoms with Crippen molar-refractivity contribution in [2.24, 2.45) is 11.8 Å². The fraction of sp³-hybridized carbons (Fsp3) is 0.579. The second-order valence-electron chi connectivity index (χ2n) is 6.59. The Morgan fingerprint density at radius 3 is 2.59 bits per heavy atom. The Hall–Kier alpha value is -1.38. The molecule has 3 rings (SSSR count). The van der Waals surface area contributed by atoms with Crippen LogP contribution in [-0.4, -0.2) is 6.61 Å². The van der Waals surface area contributed by atoms with Crippen molar-refractivity contribution in [3.05, 3.63) is 41.5 Å². The molecule has 0 amide bonds. The van der Waals surface area contributed by atoms with Gasteiger partial charge >= 0.3 is 0 Å². The predicted molar refractivity (Wildman–Crippen MR) is 84.0 cm³/mol. The quantitative estimate of drug-likeness (QED) is 0.582. The molecule has 2 aliphatic carbocycles. The van der Waals surface area contributed by atoms with Gasteiger partial charge in [-0.1, -0.05) is 37.5 Å². The molecule has 0 saturated heterocycles. The summed E-state index contributed by atoms with van der Waals surface area (Å²) in [4.78, 5) is 0. The van der Waals surface area contributed by atoms with Crippen LogP contribution in [0.2, 0.25) is 0 Å². The van der Waals surface area contributed by atoms with E-state index in [1.807, 2.05) is 0 Å². The zero-order chi connectivity index (χ0) is 15.4. The first-order valence-electron chi connectivity index (χ1n) is 8.50. The van der Waals surface area contributed by atoms with Gasteiger partial charge in [-0.2, -0.15) is 4.39 Å². The summed E-state index contributed by atoms with van der Waals surface area (Å²) in [6.45, 7) is 0.477. The Morgan fingerprint density at radius 1 is 1.09 bits per heavy atom. The van der Waals surface area contributed by atoms with E-state index in [4.69, 9.17) is 4.74 Å². The van der Waals surface area contributed by atoms with E-state index in [2.05, 4.69) is 12.2 Å².